The average molecular weight is 284 g/mol. The Morgan fingerprint density at radius 3 is 2.57 bits per heavy atom. The normalized spacial score (nSPS) is 10.2. The van der Waals surface area contributed by atoms with Crippen LogP contribution < -0.4 is 15.8 Å². The lowest BCUT2D eigenvalue weighted by molar-refractivity contribution is 0.222. The van der Waals surface area contributed by atoms with Crippen LogP contribution >= 0.6 is 0 Å². The maximum atomic E-state index is 8.75. The second kappa shape index (κ2) is 6.52. The Morgan fingerprint density at radius 2 is 1.95 bits per heavy atom. The number of aromatic nitrogens is 3. The van der Waals surface area contributed by atoms with Crippen molar-refractivity contribution in [1.29, 1.82) is 5.26 Å². The third-order valence-corrected chi connectivity index (χ3v) is 2.51. The van der Waals surface area contributed by atoms with Gasteiger partial charge in [-0.2, -0.15) is 20.2 Å². The first-order chi connectivity index (χ1) is 10.1. The first-order valence-corrected chi connectivity index (χ1v) is 6.48. The molecule has 0 atom stereocenters. The number of nitrogens with two attached hydrogens (primary N) is 1. The summed E-state index contributed by atoms with van der Waals surface area (Å²) in [7, 11) is 0. The van der Waals surface area contributed by atoms with Crippen LogP contribution in [0.25, 0.3) is 0 Å². The molecule has 1 aromatic heterocycles. The Morgan fingerprint density at radius 1 is 1.24 bits per heavy atom. The van der Waals surface area contributed by atoms with Crippen molar-refractivity contribution in [2.24, 2.45) is 0 Å². The molecule has 2 rings (SSSR count). The number of hydrogen-bond donors (Lipinski definition) is 2. The second-order valence-corrected chi connectivity index (χ2v) is 4.63. The van der Waals surface area contributed by atoms with Gasteiger partial charge in [0.1, 0.15) is 0 Å². The molecule has 0 aliphatic carbocycles. The number of nitriles is 1. The molecule has 0 aliphatic heterocycles. The zero-order valence-electron chi connectivity index (χ0n) is 11.9. The van der Waals surface area contributed by atoms with E-state index in [0.717, 1.165) is 5.56 Å². The van der Waals surface area contributed by atoms with Crippen molar-refractivity contribution in [3.8, 4) is 12.1 Å². The van der Waals surface area contributed by atoms with E-state index in [1.807, 2.05) is 26.0 Å². The van der Waals surface area contributed by atoms with Gasteiger partial charge in [-0.05, 0) is 31.5 Å². The van der Waals surface area contributed by atoms with Crippen LogP contribution in [-0.2, 0) is 6.54 Å². The van der Waals surface area contributed by atoms with E-state index in [1.54, 1.807) is 12.1 Å². The second-order valence-electron chi connectivity index (χ2n) is 4.63. The van der Waals surface area contributed by atoms with E-state index < -0.39 is 0 Å². The molecular formula is C14H16N6O. The van der Waals surface area contributed by atoms with E-state index in [-0.39, 0.29) is 18.1 Å². The van der Waals surface area contributed by atoms with Crippen LogP contribution in [0.4, 0.5) is 11.9 Å². The molecule has 1 aromatic carbocycles. The third-order valence-electron chi connectivity index (χ3n) is 2.51. The van der Waals surface area contributed by atoms with Gasteiger partial charge < -0.3 is 15.8 Å². The number of nitrogens with one attached hydrogen (secondary N) is 1. The number of nitrogens with zero attached hydrogens (tertiary/aromatic N) is 4. The Bertz CT molecular complexity index is 648. The molecule has 7 heteroatoms. The molecule has 0 spiro atoms. The fourth-order valence-corrected chi connectivity index (χ4v) is 1.59. The summed E-state index contributed by atoms with van der Waals surface area (Å²) in [6.07, 6.45) is -0.0434. The molecule has 2 aromatic rings. The van der Waals surface area contributed by atoms with Crippen LogP contribution in [0.5, 0.6) is 6.01 Å². The van der Waals surface area contributed by atoms with E-state index in [1.165, 1.54) is 0 Å². The van der Waals surface area contributed by atoms with Crippen molar-refractivity contribution in [2.75, 3.05) is 11.1 Å². The lowest BCUT2D eigenvalue weighted by Crippen LogP contribution is -2.12. The van der Waals surface area contributed by atoms with Crippen LogP contribution in [0.1, 0.15) is 25.0 Å². The van der Waals surface area contributed by atoms with Crippen molar-refractivity contribution in [1.82, 2.24) is 15.0 Å². The summed E-state index contributed by atoms with van der Waals surface area (Å²) in [4.78, 5) is 12.0. The quantitative estimate of drug-likeness (QED) is 0.860. The van der Waals surface area contributed by atoms with Crippen LogP contribution in [0.15, 0.2) is 24.3 Å². The molecule has 0 saturated carbocycles. The topological polar surface area (TPSA) is 110 Å². The number of rotatable bonds is 5. The zero-order valence-corrected chi connectivity index (χ0v) is 11.9. The third kappa shape index (κ3) is 4.31. The Kier molecular flexibility index (Phi) is 4.51. The first kappa shape index (κ1) is 14.5. The van der Waals surface area contributed by atoms with Crippen LogP contribution in [0.3, 0.4) is 0 Å². The fraction of sp³-hybridized carbons (Fsp3) is 0.286. The van der Waals surface area contributed by atoms with E-state index in [0.29, 0.717) is 18.1 Å². The van der Waals surface area contributed by atoms with Gasteiger partial charge in [0, 0.05) is 6.54 Å². The van der Waals surface area contributed by atoms with Crippen molar-refractivity contribution < 1.29 is 4.74 Å². The van der Waals surface area contributed by atoms with Gasteiger partial charge >= 0.3 is 6.01 Å². The van der Waals surface area contributed by atoms with Crippen molar-refractivity contribution >= 4 is 11.9 Å². The number of benzene rings is 1. The standard InChI is InChI=1S/C14H16N6O/c1-9(2)21-14-19-12(16)18-13(20-14)17-8-11-5-3-10(7-15)4-6-11/h3-6,9H,8H2,1-2H3,(H3,16,17,18,19,20). The van der Waals surface area contributed by atoms with Gasteiger partial charge in [-0.3, -0.25) is 0 Å². The highest BCUT2D eigenvalue weighted by molar-refractivity contribution is 5.36. The van der Waals surface area contributed by atoms with Crippen LogP contribution in [0, 0.1) is 11.3 Å². The number of anilines is 2. The maximum absolute atomic E-state index is 8.75. The van der Waals surface area contributed by atoms with Crippen molar-refractivity contribution in [3.05, 3.63) is 35.4 Å². The molecular weight excluding hydrogens is 268 g/mol. The molecule has 0 bridgehead atoms. The summed E-state index contributed by atoms with van der Waals surface area (Å²) < 4.78 is 5.40. The zero-order chi connectivity index (χ0) is 15.2. The molecule has 0 saturated heterocycles. The summed E-state index contributed by atoms with van der Waals surface area (Å²) in [5.41, 5.74) is 7.24. The molecule has 108 valence electrons. The smallest absolute Gasteiger partial charge is 0.323 e. The monoisotopic (exact) mass is 284 g/mol. The Balaban J connectivity index is 2.05. The lowest BCUT2D eigenvalue weighted by atomic mass is 10.1. The predicted molar refractivity (Wildman–Crippen MR) is 78.5 cm³/mol. The lowest BCUT2D eigenvalue weighted by Gasteiger charge is -2.10. The van der Waals surface area contributed by atoms with Gasteiger partial charge in [-0.25, -0.2) is 0 Å². The van der Waals surface area contributed by atoms with Crippen LogP contribution in [0.2, 0.25) is 0 Å². The summed E-state index contributed by atoms with van der Waals surface area (Å²) in [5, 5.41) is 11.8. The van der Waals surface area contributed by atoms with Crippen LogP contribution in [-0.4, -0.2) is 21.1 Å². The Labute approximate surface area is 122 Å². The maximum Gasteiger partial charge on any atom is 0.323 e. The number of nitrogen functional groups attached to an aromatic ring is 1. The highest BCUT2D eigenvalue weighted by Crippen LogP contribution is 2.12. The van der Waals surface area contributed by atoms with Gasteiger partial charge in [0.2, 0.25) is 11.9 Å². The van der Waals surface area contributed by atoms with E-state index >= 15 is 0 Å². The molecule has 1 heterocycles. The minimum atomic E-state index is -0.0434. The number of hydrogen-bond acceptors (Lipinski definition) is 7. The first-order valence-electron chi connectivity index (χ1n) is 6.48. The average Bonchev–Trinajstić information content (AvgIpc) is 2.44. The van der Waals surface area contributed by atoms with E-state index in [2.05, 4.69) is 26.3 Å². The highest BCUT2D eigenvalue weighted by Gasteiger charge is 2.07. The molecule has 7 nitrogen and oxygen atoms in total. The van der Waals surface area contributed by atoms with Crippen molar-refractivity contribution in [2.45, 2.75) is 26.5 Å². The largest absolute Gasteiger partial charge is 0.461 e. The predicted octanol–water partition coefficient (Wildman–Crippen LogP) is 1.72. The van der Waals surface area contributed by atoms with E-state index in [4.69, 9.17) is 15.7 Å². The van der Waals surface area contributed by atoms with Gasteiger partial charge in [0.05, 0.1) is 17.7 Å². The molecule has 0 fully saturated rings. The SMILES string of the molecule is CC(C)Oc1nc(N)nc(NCc2ccc(C#N)cc2)n1. The molecule has 0 radical (unpaired) electrons. The van der Waals surface area contributed by atoms with E-state index in [9.17, 15) is 0 Å². The molecule has 21 heavy (non-hydrogen) atoms. The summed E-state index contributed by atoms with van der Waals surface area (Å²) >= 11 is 0. The minimum absolute atomic E-state index is 0.0434. The molecule has 3 N–H and O–H groups in total. The fourth-order valence-electron chi connectivity index (χ4n) is 1.59. The minimum Gasteiger partial charge on any atom is -0.461 e. The van der Waals surface area contributed by atoms with Gasteiger partial charge in [-0.15, -0.1) is 0 Å². The molecule has 0 aliphatic rings. The van der Waals surface area contributed by atoms with Crippen molar-refractivity contribution in [3.63, 3.8) is 0 Å². The van der Waals surface area contributed by atoms with Gasteiger partial charge in [-0.1, -0.05) is 12.1 Å². The summed E-state index contributed by atoms with van der Waals surface area (Å²) in [6.45, 7) is 4.27. The highest BCUT2D eigenvalue weighted by atomic mass is 16.5. The Hall–Kier alpha value is -2.88. The summed E-state index contributed by atoms with van der Waals surface area (Å²) in [6, 6.07) is 9.51. The molecule has 0 amide bonds. The number of ether oxygens (including phenoxy) is 1. The molecule has 0 unspecified atom stereocenters. The summed E-state index contributed by atoms with van der Waals surface area (Å²) in [5.74, 6) is 0.450. The van der Waals surface area contributed by atoms with Gasteiger partial charge in [0.15, 0.2) is 0 Å². The van der Waals surface area contributed by atoms with Gasteiger partial charge in [0.25, 0.3) is 0 Å².